The lowest BCUT2D eigenvalue weighted by molar-refractivity contribution is 0.103. The Hall–Kier alpha value is -1.02. The molecule has 1 aromatic rings. The first-order valence-electron chi connectivity index (χ1n) is 6.99. The third kappa shape index (κ3) is 2.26. The van der Waals surface area contributed by atoms with Crippen LogP contribution in [0.25, 0.3) is 0 Å². The highest BCUT2D eigenvalue weighted by atomic mass is 16.5. The molecule has 98 valence electrons. The van der Waals surface area contributed by atoms with Crippen LogP contribution in [0.15, 0.2) is 18.2 Å². The highest BCUT2D eigenvalue weighted by Crippen LogP contribution is 2.55. The second-order valence-corrected chi connectivity index (χ2v) is 6.07. The summed E-state index contributed by atoms with van der Waals surface area (Å²) in [5.41, 5.74) is 2.37. The molecule has 0 amide bonds. The van der Waals surface area contributed by atoms with Crippen LogP contribution in [0, 0.1) is 24.7 Å². The fourth-order valence-corrected chi connectivity index (χ4v) is 3.53. The van der Waals surface area contributed by atoms with Crippen molar-refractivity contribution < 1.29 is 9.84 Å². The van der Waals surface area contributed by atoms with Gasteiger partial charge in [-0.15, -0.1) is 0 Å². The van der Waals surface area contributed by atoms with Crippen molar-refractivity contribution in [2.45, 2.75) is 38.7 Å². The molecular formula is C16H22O2. The van der Waals surface area contributed by atoms with Gasteiger partial charge in [-0.25, -0.2) is 0 Å². The zero-order valence-corrected chi connectivity index (χ0v) is 11.2. The topological polar surface area (TPSA) is 29.5 Å². The first-order valence-corrected chi connectivity index (χ1v) is 6.99. The number of fused-ring (bicyclic) bond motifs is 1. The normalized spacial score (nSPS) is 30.9. The van der Waals surface area contributed by atoms with Crippen LogP contribution in [0.4, 0.5) is 0 Å². The lowest BCUT2D eigenvalue weighted by Gasteiger charge is -2.20. The largest absolute Gasteiger partial charge is 0.496 e. The Kier molecular flexibility index (Phi) is 3.06. The number of benzene rings is 1. The Morgan fingerprint density at radius 3 is 2.67 bits per heavy atom. The van der Waals surface area contributed by atoms with Gasteiger partial charge in [-0.3, -0.25) is 0 Å². The molecule has 2 saturated carbocycles. The van der Waals surface area contributed by atoms with Crippen LogP contribution in [0.3, 0.4) is 0 Å². The molecule has 0 bridgehead atoms. The summed E-state index contributed by atoms with van der Waals surface area (Å²) < 4.78 is 5.38. The van der Waals surface area contributed by atoms with E-state index < -0.39 is 0 Å². The number of aliphatic hydroxyl groups is 1. The summed E-state index contributed by atoms with van der Waals surface area (Å²) in [5, 5.41) is 10.4. The summed E-state index contributed by atoms with van der Waals surface area (Å²) in [4.78, 5) is 0. The van der Waals surface area contributed by atoms with Gasteiger partial charge < -0.3 is 9.84 Å². The number of aliphatic hydroxyl groups excluding tert-OH is 1. The highest BCUT2D eigenvalue weighted by molar-refractivity contribution is 5.37. The maximum absolute atomic E-state index is 10.4. The van der Waals surface area contributed by atoms with Crippen molar-refractivity contribution in [1.82, 2.24) is 0 Å². The molecule has 0 heterocycles. The van der Waals surface area contributed by atoms with Crippen LogP contribution in [-0.4, -0.2) is 18.3 Å². The predicted molar refractivity (Wildman–Crippen MR) is 71.8 cm³/mol. The van der Waals surface area contributed by atoms with E-state index in [4.69, 9.17) is 4.74 Å². The molecule has 2 aliphatic rings. The molecule has 3 atom stereocenters. The molecule has 0 aliphatic heterocycles. The van der Waals surface area contributed by atoms with Gasteiger partial charge in [0.05, 0.1) is 13.2 Å². The number of ether oxygens (including phenoxy) is 1. The van der Waals surface area contributed by atoms with Gasteiger partial charge in [0.25, 0.3) is 0 Å². The van der Waals surface area contributed by atoms with E-state index in [1.54, 1.807) is 7.11 Å². The zero-order chi connectivity index (χ0) is 12.7. The van der Waals surface area contributed by atoms with Crippen LogP contribution in [0.2, 0.25) is 0 Å². The van der Waals surface area contributed by atoms with Crippen molar-refractivity contribution in [3.05, 3.63) is 29.3 Å². The van der Waals surface area contributed by atoms with E-state index in [-0.39, 0.29) is 6.10 Å². The number of hydrogen-bond acceptors (Lipinski definition) is 2. The fraction of sp³-hybridized carbons (Fsp3) is 0.625. The molecule has 2 fully saturated rings. The summed E-state index contributed by atoms with van der Waals surface area (Å²) in [6.45, 7) is 2.08. The lowest BCUT2D eigenvalue weighted by Crippen LogP contribution is -2.22. The van der Waals surface area contributed by atoms with Crippen LogP contribution in [-0.2, 0) is 6.42 Å². The maximum atomic E-state index is 10.4. The number of methoxy groups -OCH3 is 1. The molecule has 3 unspecified atom stereocenters. The SMILES string of the molecule is COc1ccc(C)cc1CC(O)C1CC2CC2C1. The summed E-state index contributed by atoms with van der Waals surface area (Å²) in [5.74, 6) is 3.29. The molecule has 2 heteroatoms. The molecular weight excluding hydrogens is 224 g/mol. The Balaban J connectivity index is 1.69. The van der Waals surface area contributed by atoms with Gasteiger partial charge in [0.2, 0.25) is 0 Å². The number of aryl methyl sites for hydroxylation is 1. The average molecular weight is 246 g/mol. The van der Waals surface area contributed by atoms with Gasteiger partial charge >= 0.3 is 0 Å². The van der Waals surface area contributed by atoms with Crippen LogP contribution in [0.5, 0.6) is 5.75 Å². The third-order valence-electron chi connectivity index (χ3n) is 4.69. The standard InChI is InChI=1S/C16H22O2/c1-10-3-4-16(18-2)14(5-10)9-15(17)13-7-11-6-12(11)8-13/h3-5,11-13,15,17H,6-9H2,1-2H3. The van der Waals surface area contributed by atoms with Gasteiger partial charge in [-0.1, -0.05) is 17.7 Å². The van der Waals surface area contributed by atoms with Gasteiger partial charge in [-0.2, -0.15) is 0 Å². The van der Waals surface area contributed by atoms with Crippen molar-refractivity contribution in [3.63, 3.8) is 0 Å². The Morgan fingerprint density at radius 1 is 1.28 bits per heavy atom. The molecule has 0 aromatic heterocycles. The number of hydrogen-bond donors (Lipinski definition) is 1. The van der Waals surface area contributed by atoms with E-state index in [0.717, 1.165) is 29.6 Å². The van der Waals surface area contributed by atoms with Crippen molar-refractivity contribution in [2.24, 2.45) is 17.8 Å². The van der Waals surface area contributed by atoms with Crippen molar-refractivity contribution in [3.8, 4) is 5.75 Å². The smallest absolute Gasteiger partial charge is 0.122 e. The molecule has 2 nitrogen and oxygen atoms in total. The summed E-state index contributed by atoms with van der Waals surface area (Å²) in [6.07, 6.45) is 4.42. The first kappa shape index (κ1) is 12.0. The van der Waals surface area contributed by atoms with Crippen molar-refractivity contribution >= 4 is 0 Å². The van der Waals surface area contributed by atoms with E-state index in [9.17, 15) is 5.11 Å². The summed E-state index contributed by atoms with van der Waals surface area (Å²) >= 11 is 0. The van der Waals surface area contributed by atoms with Gasteiger partial charge in [-0.05, 0) is 55.6 Å². The Morgan fingerprint density at radius 2 is 2.00 bits per heavy atom. The van der Waals surface area contributed by atoms with E-state index in [0.29, 0.717) is 5.92 Å². The van der Waals surface area contributed by atoms with E-state index >= 15 is 0 Å². The number of rotatable bonds is 4. The molecule has 0 spiro atoms. The van der Waals surface area contributed by atoms with Crippen molar-refractivity contribution in [1.29, 1.82) is 0 Å². The summed E-state index contributed by atoms with van der Waals surface area (Å²) in [7, 11) is 1.70. The second-order valence-electron chi connectivity index (χ2n) is 6.07. The molecule has 1 N–H and O–H groups in total. The minimum Gasteiger partial charge on any atom is -0.496 e. The minimum absolute atomic E-state index is 0.200. The maximum Gasteiger partial charge on any atom is 0.122 e. The molecule has 2 aliphatic carbocycles. The molecule has 0 saturated heterocycles. The van der Waals surface area contributed by atoms with E-state index in [1.807, 2.05) is 6.07 Å². The van der Waals surface area contributed by atoms with Gasteiger partial charge in [0.1, 0.15) is 5.75 Å². The lowest BCUT2D eigenvalue weighted by atomic mass is 9.91. The van der Waals surface area contributed by atoms with Crippen LogP contribution in [0.1, 0.15) is 30.4 Å². The average Bonchev–Trinajstić information content (AvgIpc) is 2.96. The summed E-state index contributed by atoms with van der Waals surface area (Å²) in [6, 6.07) is 6.20. The van der Waals surface area contributed by atoms with E-state index in [2.05, 4.69) is 19.1 Å². The highest BCUT2D eigenvalue weighted by Gasteiger charge is 2.47. The Labute approximate surface area is 109 Å². The van der Waals surface area contributed by atoms with Crippen LogP contribution >= 0.6 is 0 Å². The second kappa shape index (κ2) is 4.58. The molecule has 0 radical (unpaired) electrons. The van der Waals surface area contributed by atoms with E-state index in [1.165, 1.54) is 24.8 Å². The monoisotopic (exact) mass is 246 g/mol. The first-order chi connectivity index (χ1) is 8.67. The predicted octanol–water partition coefficient (Wildman–Crippen LogP) is 2.95. The molecule has 18 heavy (non-hydrogen) atoms. The van der Waals surface area contributed by atoms with Gasteiger partial charge in [0.15, 0.2) is 0 Å². The van der Waals surface area contributed by atoms with Gasteiger partial charge in [0, 0.05) is 6.42 Å². The van der Waals surface area contributed by atoms with Crippen LogP contribution < -0.4 is 4.74 Å². The quantitative estimate of drug-likeness (QED) is 0.885. The Bertz CT molecular complexity index is 431. The third-order valence-corrected chi connectivity index (χ3v) is 4.69. The minimum atomic E-state index is -0.200. The molecule has 1 aromatic carbocycles. The fourth-order valence-electron chi connectivity index (χ4n) is 3.53. The zero-order valence-electron chi connectivity index (χ0n) is 11.2. The van der Waals surface area contributed by atoms with Crippen molar-refractivity contribution in [2.75, 3.05) is 7.11 Å². The molecule has 3 rings (SSSR count).